The van der Waals surface area contributed by atoms with Crippen molar-refractivity contribution < 1.29 is 9.59 Å². The van der Waals surface area contributed by atoms with Gasteiger partial charge >= 0.3 is 0 Å². The normalized spacial score (nSPS) is 21.3. The molecule has 0 radical (unpaired) electrons. The number of likely N-dealkylation sites (tertiary alicyclic amines) is 1. The van der Waals surface area contributed by atoms with E-state index in [2.05, 4.69) is 5.32 Å². The molecule has 2 aliphatic rings. The molecule has 0 aromatic heterocycles. The number of carbonyl (C=O) groups is 2. The van der Waals surface area contributed by atoms with E-state index in [9.17, 15) is 9.59 Å². The van der Waals surface area contributed by atoms with Gasteiger partial charge in [-0.3, -0.25) is 9.59 Å². The van der Waals surface area contributed by atoms with Crippen molar-refractivity contribution >= 4 is 11.8 Å². The highest BCUT2D eigenvalue weighted by Crippen LogP contribution is 2.24. The molecule has 0 bridgehead atoms. The Morgan fingerprint density at radius 1 is 1.06 bits per heavy atom. The zero-order chi connectivity index (χ0) is 13.2. The minimum absolute atomic E-state index is 0.0181. The Bertz CT molecular complexity index is 327. The van der Waals surface area contributed by atoms with Crippen molar-refractivity contribution in [3.63, 3.8) is 0 Å². The van der Waals surface area contributed by atoms with Crippen molar-refractivity contribution in [1.29, 1.82) is 0 Å². The van der Waals surface area contributed by atoms with E-state index in [-0.39, 0.29) is 17.9 Å². The fourth-order valence-corrected chi connectivity index (χ4v) is 2.85. The summed E-state index contributed by atoms with van der Waals surface area (Å²) < 4.78 is 0. The van der Waals surface area contributed by atoms with Gasteiger partial charge in [0.15, 0.2) is 0 Å². The average molecular weight is 252 g/mol. The van der Waals surface area contributed by atoms with Gasteiger partial charge in [0.1, 0.15) is 5.41 Å². The molecular formula is C14H24N2O2. The lowest BCUT2D eigenvalue weighted by Gasteiger charge is -2.29. The van der Waals surface area contributed by atoms with Gasteiger partial charge < -0.3 is 10.2 Å². The summed E-state index contributed by atoms with van der Waals surface area (Å²) in [5, 5.41) is 3.04. The highest BCUT2D eigenvalue weighted by atomic mass is 16.2. The maximum Gasteiger partial charge on any atom is 0.237 e. The van der Waals surface area contributed by atoms with Crippen LogP contribution < -0.4 is 5.32 Å². The SMILES string of the molecule is CC(C)(C(=O)NC1CCCC1)C(=O)N1CCCC1. The first kappa shape index (κ1) is 13.4. The molecule has 2 amide bonds. The van der Waals surface area contributed by atoms with Gasteiger partial charge in [-0.25, -0.2) is 0 Å². The molecule has 2 rings (SSSR count). The fourth-order valence-electron chi connectivity index (χ4n) is 2.85. The molecule has 2 fully saturated rings. The first-order chi connectivity index (χ1) is 8.51. The van der Waals surface area contributed by atoms with Crippen LogP contribution in [-0.2, 0) is 9.59 Å². The molecule has 4 nitrogen and oxygen atoms in total. The number of carbonyl (C=O) groups excluding carboxylic acids is 2. The molecule has 0 aromatic rings. The Morgan fingerprint density at radius 2 is 1.61 bits per heavy atom. The van der Waals surface area contributed by atoms with Crippen molar-refractivity contribution in [3.05, 3.63) is 0 Å². The van der Waals surface area contributed by atoms with Crippen LogP contribution in [0.2, 0.25) is 0 Å². The molecule has 1 heterocycles. The molecule has 1 N–H and O–H groups in total. The number of hydrogen-bond acceptors (Lipinski definition) is 2. The zero-order valence-corrected chi connectivity index (χ0v) is 11.5. The van der Waals surface area contributed by atoms with Gasteiger partial charge in [0.2, 0.25) is 11.8 Å². The van der Waals surface area contributed by atoms with E-state index in [1.54, 1.807) is 13.8 Å². The van der Waals surface area contributed by atoms with E-state index < -0.39 is 5.41 Å². The third kappa shape index (κ3) is 2.68. The third-order valence-corrected chi connectivity index (χ3v) is 4.19. The van der Waals surface area contributed by atoms with Crippen LogP contribution in [0.1, 0.15) is 52.4 Å². The van der Waals surface area contributed by atoms with Gasteiger partial charge in [0.25, 0.3) is 0 Å². The van der Waals surface area contributed by atoms with E-state index in [4.69, 9.17) is 0 Å². The largest absolute Gasteiger partial charge is 0.352 e. The van der Waals surface area contributed by atoms with Crippen LogP contribution in [0.25, 0.3) is 0 Å². The van der Waals surface area contributed by atoms with Crippen molar-refractivity contribution in [2.45, 2.75) is 58.4 Å². The average Bonchev–Trinajstić information content (AvgIpc) is 3.00. The molecule has 1 aliphatic carbocycles. The summed E-state index contributed by atoms with van der Waals surface area (Å²) in [6, 6.07) is 0.281. The summed E-state index contributed by atoms with van der Waals surface area (Å²) in [5.41, 5.74) is -0.924. The van der Waals surface area contributed by atoms with Crippen molar-refractivity contribution in [3.8, 4) is 0 Å². The predicted octanol–water partition coefficient (Wildman–Crippen LogP) is 1.69. The number of nitrogens with one attached hydrogen (secondary N) is 1. The molecular weight excluding hydrogens is 228 g/mol. The Kier molecular flexibility index (Phi) is 3.93. The van der Waals surface area contributed by atoms with Gasteiger partial charge in [-0.05, 0) is 39.5 Å². The van der Waals surface area contributed by atoms with Crippen LogP contribution in [0, 0.1) is 5.41 Å². The van der Waals surface area contributed by atoms with E-state index in [1.165, 1.54) is 12.8 Å². The van der Waals surface area contributed by atoms with Crippen LogP contribution in [0.15, 0.2) is 0 Å². The van der Waals surface area contributed by atoms with Crippen LogP contribution >= 0.6 is 0 Å². The third-order valence-electron chi connectivity index (χ3n) is 4.19. The maximum atomic E-state index is 12.3. The molecule has 0 spiro atoms. The molecule has 0 atom stereocenters. The lowest BCUT2D eigenvalue weighted by atomic mass is 9.90. The molecule has 4 heteroatoms. The molecule has 102 valence electrons. The summed E-state index contributed by atoms with van der Waals surface area (Å²) in [7, 11) is 0. The fraction of sp³-hybridized carbons (Fsp3) is 0.857. The van der Waals surface area contributed by atoms with Gasteiger partial charge in [-0.1, -0.05) is 12.8 Å². The molecule has 1 aliphatic heterocycles. The van der Waals surface area contributed by atoms with Crippen LogP contribution in [0.3, 0.4) is 0 Å². The number of rotatable bonds is 3. The molecule has 1 saturated carbocycles. The molecule has 0 unspecified atom stereocenters. The highest BCUT2D eigenvalue weighted by Gasteiger charge is 2.40. The predicted molar refractivity (Wildman–Crippen MR) is 70.0 cm³/mol. The van der Waals surface area contributed by atoms with Gasteiger partial charge in [0, 0.05) is 19.1 Å². The smallest absolute Gasteiger partial charge is 0.237 e. The Labute approximate surface area is 109 Å². The monoisotopic (exact) mass is 252 g/mol. The zero-order valence-electron chi connectivity index (χ0n) is 11.5. The quantitative estimate of drug-likeness (QED) is 0.777. The molecule has 0 aromatic carbocycles. The van der Waals surface area contributed by atoms with Crippen LogP contribution in [-0.4, -0.2) is 35.8 Å². The highest BCUT2D eigenvalue weighted by molar-refractivity contribution is 6.04. The van der Waals surface area contributed by atoms with E-state index in [0.29, 0.717) is 0 Å². The Balaban J connectivity index is 1.95. The van der Waals surface area contributed by atoms with E-state index >= 15 is 0 Å². The van der Waals surface area contributed by atoms with E-state index in [0.717, 1.165) is 38.8 Å². The number of nitrogens with zero attached hydrogens (tertiary/aromatic N) is 1. The summed E-state index contributed by atoms with van der Waals surface area (Å²) in [6.45, 7) is 5.10. The minimum atomic E-state index is -0.924. The lowest BCUT2D eigenvalue weighted by Crippen LogP contribution is -2.50. The summed E-state index contributed by atoms with van der Waals surface area (Å²) in [4.78, 5) is 26.4. The topological polar surface area (TPSA) is 49.4 Å². The second-order valence-electron chi connectivity index (χ2n) is 6.08. The molecule has 1 saturated heterocycles. The number of hydrogen-bond donors (Lipinski definition) is 1. The van der Waals surface area contributed by atoms with Crippen molar-refractivity contribution in [2.75, 3.05) is 13.1 Å². The van der Waals surface area contributed by atoms with Crippen LogP contribution in [0.4, 0.5) is 0 Å². The summed E-state index contributed by atoms with van der Waals surface area (Å²) in [5.74, 6) is -0.123. The Hall–Kier alpha value is -1.06. The van der Waals surface area contributed by atoms with E-state index in [1.807, 2.05) is 4.90 Å². The second kappa shape index (κ2) is 5.29. The first-order valence-corrected chi connectivity index (χ1v) is 7.12. The van der Waals surface area contributed by atoms with Crippen molar-refractivity contribution in [1.82, 2.24) is 10.2 Å². The Morgan fingerprint density at radius 3 is 2.17 bits per heavy atom. The number of amides is 2. The standard InChI is InChI=1S/C14H24N2O2/c1-14(2,13(18)16-9-5-6-10-16)12(17)15-11-7-3-4-8-11/h11H,3-10H2,1-2H3,(H,15,17). The van der Waals surface area contributed by atoms with Gasteiger partial charge in [-0.15, -0.1) is 0 Å². The first-order valence-electron chi connectivity index (χ1n) is 7.12. The van der Waals surface area contributed by atoms with Gasteiger partial charge in [0.05, 0.1) is 0 Å². The van der Waals surface area contributed by atoms with Crippen LogP contribution in [0.5, 0.6) is 0 Å². The van der Waals surface area contributed by atoms with Gasteiger partial charge in [-0.2, -0.15) is 0 Å². The summed E-state index contributed by atoms with van der Waals surface area (Å²) in [6.07, 6.45) is 6.61. The minimum Gasteiger partial charge on any atom is -0.352 e. The maximum absolute atomic E-state index is 12.3. The molecule has 18 heavy (non-hydrogen) atoms. The van der Waals surface area contributed by atoms with Crippen molar-refractivity contribution in [2.24, 2.45) is 5.41 Å². The second-order valence-corrected chi connectivity index (χ2v) is 6.08. The lowest BCUT2D eigenvalue weighted by molar-refractivity contribution is -0.148. The summed E-state index contributed by atoms with van der Waals surface area (Å²) >= 11 is 0.